The molecule has 0 unspecified atom stereocenters. The summed E-state index contributed by atoms with van der Waals surface area (Å²) in [5.41, 5.74) is 5.51. The van der Waals surface area contributed by atoms with Gasteiger partial charge in [-0.1, -0.05) is 12.1 Å². The normalized spacial score (nSPS) is 14.9. The lowest BCUT2D eigenvalue weighted by Crippen LogP contribution is -2.37. The summed E-state index contributed by atoms with van der Waals surface area (Å²) in [6, 6.07) is 4.89. The molecule has 1 aromatic rings. The number of methoxy groups -OCH3 is 1. The standard InChI is InChI=1S/C10H15NO3/c1-10(11,6-12)7-4-3-5-8(13)9(7)14-2/h3-5,12-13H,6,11H2,1-2H3/t10-/m1/s1. The Morgan fingerprint density at radius 3 is 2.64 bits per heavy atom. The molecule has 1 aromatic carbocycles. The fourth-order valence-electron chi connectivity index (χ4n) is 1.27. The number of hydrogen-bond donors (Lipinski definition) is 3. The van der Waals surface area contributed by atoms with Crippen molar-refractivity contribution in [2.24, 2.45) is 5.73 Å². The molecule has 0 radical (unpaired) electrons. The number of phenols is 1. The summed E-state index contributed by atoms with van der Waals surface area (Å²) in [5.74, 6) is 0.335. The SMILES string of the molecule is COc1c(O)cccc1[C@](C)(N)CO. The maximum Gasteiger partial charge on any atom is 0.165 e. The Bertz CT molecular complexity index is 323. The zero-order valence-electron chi connectivity index (χ0n) is 8.32. The van der Waals surface area contributed by atoms with Crippen LogP contribution in [0.15, 0.2) is 18.2 Å². The van der Waals surface area contributed by atoms with E-state index in [1.54, 1.807) is 19.1 Å². The van der Waals surface area contributed by atoms with E-state index in [1.807, 2.05) is 0 Å². The first-order chi connectivity index (χ1) is 6.53. The Hall–Kier alpha value is -1.26. The molecule has 0 saturated carbocycles. The molecule has 0 saturated heterocycles. The summed E-state index contributed by atoms with van der Waals surface area (Å²) in [4.78, 5) is 0. The van der Waals surface area contributed by atoms with Gasteiger partial charge in [0.1, 0.15) is 0 Å². The van der Waals surface area contributed by atoms with Gasteiger partial charge in [-0.05, 0) is 13.0 Å². The van der Waals surface area contributed by atoms with Crippen LogP contribution in [0.1, 0.15) is 12.5 Å². The van der Waals surface area contributed by atoms with Gasteiger partial charge in [0.2, 0.25) is 0 Å². The molecule has 1 rings (SSSR count). The van der Waals surface area contributed by atoms with Crippen LogP contribution in [0.3, 0.4) is 0 Å². The molecule has 0 amide bonds. The first-order valence-electron chi connectivity index (χ1n) is 4.29. The van der Waals surface area contributed by atoms with Gasteiger partial charge in [-0.3, -0.25) is 0 Å². The zero-order chi connectivity index (χ0) is 10.8. The molecule has 1 atom stereocenters. The first kappa shape index (κ1) is 10.8. The predicted octanol–water partition coefficient (Wildman–Crippen LogP) is 0.567. The summed E-state index contributed by atoms with van der Waals surface area (Å²) in [6.45, 7) is 1.46. The average molecular weight is 197 g/mol. The van der Waals surface area contributed by atoms with Crippen molar-refractivity contribution in [3.05, 3.63) is 23.8 Å². The van der Waals surface area contributed by atoms with Crippen molar-refractivity contribution in [2.45, 2.75) is 12.5 Å². The van der Waals surface area contributed by atoms with Crippen LogP contribution in [-0.4, -0.2) is 23.9 Å². The smallest absolute Gasteiger partial charge is 0.165 e. The lowest BCUT2D eigenvalue weighted by atomic mass is 9.93. The number of benzene rings is 1. The number of aliphatic hydroxyl groups excluding tert-OH is 1. The van der Waals surface area contributed by atoms with Gasteiger partial charge in [0, 0.05) is 5.56 Å². The minimum Gasteiger partial charge on any atom is -0.504 e. The molecular weight excluding hydrogens is 182 g/mol. The zero-order valence-corrected chi connectivity index (χ0v) is 8.32. The van der Waals surface area contributed by atoms with E-state index in [1.165, 1.54) is 13.2 Å². The first-order valence-corrected chi connectivity index (χ1v) is 4.29. The van der Waals surface area contributed by atoms with E-state index in [0.717, 1.165) is 0 Å². The summed E-state index contributed by atoms with van der Waals surface area (Å²) < 4.78 is 5.02. The van der Waals surface area contributed by atoms with Crippen molar-refractivity contribution in [1.82, 2.24) is 0 Å². The van der Waals surface area contributed by atoms with Gasteiger partial charge in [0.25, 0.3) is 0 Å². The highest BCUT2D eigenvalue weighted by atomic mass is 16.5. The van der Waals surface area contributed by atoms with Gasteiger partial charge in [0.05, 0.1) is 19.3 Å². The highest BCUT2D eigenvalue weighted by Crippen LogP contribution is 2.35. The fraction of sp³-hybridized carbons (Fsp3) is 0.400. The van der Waals surface area contributed by atoms with Gasteiger partial charge < -0.3 is 20.7 Å². The van der Waals surface area contributed by atoms with Crippen molar-refractivity contribution in [3.63, 3.8) is 0 Å². The molecule has 78 valence electrons. The molecule has 4 N–H and O–H groups in total. The molecule has 4 nitrogen and oxygen atoms in total. The number of ether oxygens (including phenoxy) is 1. The molecule has 4 heteroatoms. The molecule has 0 spiro atoms. The molecule has 0 aliphatic rings. The van der Waals surface area contributed by atoms with E-state index in [2.05, 4.69) is 0 Å². The average Bonchev–Trinajstić information content (AvgIpc) is 2.17. The molecule has 0 aliphatic heterocycles. The van der Waals surface area contributed by atoms with Crippen LogP contribution < -0.4 is 10.5 Å². The maximum atomic E-state index is 9.49. The number of aliphatic hydroxyl groups is 1. The lowest BCUT2D eigenvalue weighted by Gasteiger charge is -2.24. The van der Waals surface area contributed by atoms with Crippen LogP contribution in [0.2, 0.25) is 0 Å². The van der Waals surface area contributed by atoms with Crippen molar-refractivity contribution in [1.29, 1.82) is 0 Å². The quantitative estimate of drug-likeness (QED) is 0.662. The number of para-hydroxylation sites is 1. The van der Waals surface area contributed by atoms with E-state index in [9.17, 15) is 5.11 Å². The minimum absolute atomic E-state index is 0.0233. The van der Waals surface area contributed by atoms with Crippen molar-refractivity contribution >= 4 is 0 Å². The van der Waals surface area contributed by atoms with Gasteiger partial charge in [-0.15, -0.1) is 0 Å². The molecular formula is C10H15NO3. The Morgan fingerprint density at radius 2 is 2.14 bits per heavy atom. The number of aromatic hydroxyl groups is 1. The van der Waals surface area contributed by atoms with Crippen LogP contribution in [0.5, 0.6) is 11.5 Å². The molecule has 0 fully saturated rings. The molecule has 0 aliphatic carbocycles. The van der Waals surface area contributed by atoms with Crippen LogP contribution in [-0.2, 0) is 5.54 Å². The third-order valence-corrected chi connectivity index (χ3v) is 2.14. The van der Waals surface area contributed by atoms with Crippen LogP contribution >= 0.6 is 0 Å². The van der Waals surface area contributed by atoms with Crippen LogP contribution in [0, 0.1) is 0 Å². The second-order valence-electron chi connectivity index (χ2n) is 3.43. The molecule has 0 bridgehead atoms. The third kappa shape index (κ3) is 1.81. The molecule has 14 heavy (non-hydrogen) atoms. The topological polar surface area (TPSA) is 75.7 Å². The second kappa shape index (κ2) is 3.86. The monoisotopic (exact) mass is 197 g/mol. The summed E-state index contributed by atoms with van der Waals surface area (Å²) >= 11 is 0. The van der Waals surface area contributed by atoms with Gasteiger partial charge in [0.15, 0.2) is 11.5 Å². The minimum atomic E-state index is -0.913. The number of rotatable bonds is 3. The van der Waals surface area contributed by atoms with Gasteiger partial charge in [-0.25, -0.2) is 0 Å². The van der Waals surface area contributed by atoms with E-state index >= 15 is 0 Å². The van der Waals surface area contributed by atoms with E-state index in [-0.39, 0.29) is 12.4 Å². The highest BCUT2D eigenvalue weighted by Gasteiger charge is 2.25. The molecule has 0 heterocycles. The van der Waals surface area contributed by atoms with E-state index < -0.39 is 5.54 Å². The van der Waals surface area contributed by atoms with Crippen LogP contribution in [0.25, 0.3) is 0 Å². The summed E-state index contributed by atoms with van der Waals surface area (Å²) in [7, 11) is 1.45. The lowest BCUT2D eigenvalue weighted by molar-refractivity contribution is 0.205. The van der Waals surface area contributed by atoms with Crippen LogP contribution in [0.4, 0.5) is 0 Å². The van der Waals surface area contributed by atoms with E-state index in [0.29, 0.717) is 11.3 Å². The molecule has 0 aromatic heterocycles. The van der Waals surface area contributed by atoms with Gasteiger partial charge >= 0.3 is 0 Å². The number of nitrogens with two attached hydrogens (primary N) is 1. The summed E-state index contributed by atoms with van der Waals surface area (Å²) in [6.07, 6.45) is 0. The fourth-order valence-corrected chi connectivity index (χ4v) is 1.27. The Kier molecular flexibility index (Phi) is 2.98. The second-order valence-corrected chi connectivity index (χ2v) is 3.43. The largest absolute Gasteiger partial charge is 0.504 e. The predicted molar refractivity (Wildman–Crippen MR) is 53.3 cm³/mol. The van der Waals surface area contributed by atoms with E-state index in [4.69, 9.17) is 15.6 Å². The Morgan fingerprint density at radius 1 is 1.50 bits per heavy atom. The maximum absolute atomic E-state index is 9.49. The van der Waals surface area contributed by atoms with Crippen molar-refractivity contribution in [3.8, 4) is 11.5 Å². The Balaban J connectivity index is 3.27. The summed E-state index contributed by atoms with van der Waals surface area (Å²) in [5, 5.41) is 18.6. The highest BCUT2D eigenvalue weighted by molar-refractivity contribution is 5.48. The van der Waals surface area contributed by atoms with Crippen molar-refractivity contribution < 1.29 is 14.9 Å². The number of phenolic OH excluding ortho intramolecular Hbond substituents is 1. The third-order valence-electron chi connectivity index (χ3n) is 2.14. The number of hydrogen-bond acceptors (Lipinski definition) is 4. The van der Waals surface area contributed by atoms with Gasteiger partial charge in [-0.2, -0.15) is 0 Å². The van der Waals surface area contributed by atoms with Crippen molar-refractivity contribution in [2.75, 3.05) is 13.7 Å². The Labute approximate surface area is 82.9 Å².